The van der Waals surface area contributed by atoms with Gasteiger partial charge in [0, 0.05) is 18.5 Å². The normalized spacial score (nSPS) is 14.1. The Kier molecular flexibility index (Phi) is 7.04. The third kappa shape index (κ3) is 4.71. The molecule has 8 nitrogen and oxygen atoms in total. The van der Waals surface area contributed by atoms with Crippen molar-refractivity contribution >= 4 is 35.0 Å². The highest BCUT2D eigenvalue weighted by atomic mass is 35.5. The molecule has 0 fully saturated rings. The number of alkyl carbamates (subject to hydrolysis) is 1. The topological polar surface area (TPSA) is 122 Å². The lowest BCUT2D eigenvalue weighted by Gasteiger charge is -2.19. The van der Waals surface area contributed by atoms with E-state index in [1.54, 1.807) is 0 Å². The number of hydrogen-bond donors (Lipinski definition) is 3. The molecule has 0 aromatic heterocycles. The van der Waals surface area contributed by atoms with E-state index in [4.69, 9.17) is 27.9 Å². The van der Waals surface area contributed by atoms with Gasteiger partial charge in [-0.3, -0.25) is 10.1 Å². The van der Waals surface area contributed by atoms with Gasteiger partial charge in [0.05, 0.1) is 20.5 Å². The molecule has 0 aliphatic heterocycles. The molecule has 2 atom stereocenters. The fourth-order valence-electron chi connectivity index (χ4n) is 4.10. The number of carbonyl (C=O) groups excluding carboxylic acids is 1. The van der Waals surface area contributed by atoms with Crippen LogP contribution in [0.25, 0.3) is 11.1 Å². The maximum atomic E-state index is 12.3. The highest BCUT2D eigenvalue weighted by Gasteiger charge is 2.30. The van der Waals surface area contributed by atoms with Crippen LogP contribution in [0.15, 0.2) is 60.7 Å². The zero-order valence-electron chi connectivity index (χ0n) is 17.7. The number of nitro benzene ring substituents is 1. The van der Waals surface area contributed by atoms with Gasteiger partial charge in [0.1, 0.15) is 18.8 Å². The molecule has 3 N–H and O–H groups in total. The molecule has 1 aliphatic carbocycles. The molecule has 0 bridgehead atoms. The summed E-state index contributed by atoms with van der Waals surface area (Å²) in [4.78, 5) is 22.8. The van der Waals surface area contributed by atoms with Crippen molar-refractivity contribution < 1.29 is 24.7 Å². The number of amides is 1. The maximum absolute atomic E-state index is 12.3. The van der Waals surface area contributed by atoms with Crippen LogP contribution in [-0.4, -0.2) is 40.5 Å². The summed E-state index contributed by atoms with van der Waals surface area (Å²) in [5.74, 6) is -0.132. The first kappa shape index (κ1) is 24.0. The van der Waals surface area contributed by atoms with Crippen LogP contribution in [0.5, 0.6) is 0 Å². The third-order valence-electron chi connectivity index (χ3n) is 5.75. The first-order valence-corrected chi connectivity index (χ1v) is 11.1. The molecule has 3 aromatic carbocycles. The van der Waals surface area contributed by atoms with Gasteiger partial charge in [-0.1, -0.05) is 71.7 Å². The van der Waals surface area contributed by atoms with Gasteiger partial charge in [-0.15, -0.1) is 0 Å². The Morgan fingerprint density at radius 1 is 1.03 bits per heavy atom. The van der Waals surface area contributed by atoms with Crippen LogP contribution >= 0.6 is 23.2 Å². The smallest absolute Gasteiger partial charge is 0.407 e. The molecule has 10 heteroatoms. The number of nitrogens with zero attached hydrogens (tertiary/aromatic N) is 1. The minimum atomic E-state index is -1.69. The van der Waals surface area contributed by atoms with E-state index in [1.165, 1.54) is 0 Å². The molecule has 0 saturated heterocycles. The molecule has 0 spiro atoms. The molecule has 0 radical (unpaired) electrons. The number of nitro groups is 1. The van der Waals surface area contributed by atoms with Crippen LogP contribution in [0.4, 0.5) is 10.5 Å². The largest absolute Gasteiger partial charge is 0.449 e. The van der Waals surface area contributed by atoms with Crippen molar-refractivity contribution in [2.24, 2.45) is 0 Å². The van der Waals surface area contributed by atoms with Gasteiger partial charge in [0.15, 0.2) is 0 Å². The number of hydrogen-bond acceptors (Lipinski definition) is 6. The first-order valence-electron chi connectivity index (χ1n) is 10.4. The van der Waals surface area contributed by atoms with Crippen molar-refractivity contribution in [3.8, 4) is 11.1 Å². The Labute approximate surface area is 204 Å². The second-order valence-corrected chi connectivity index (χ2v) is 8.62. The summed E-state index contributed by atoms with van der Waals surface area (Å²) >= 11 is 11.7. The third-order valence-corrected chi connectivity index (χ3v) is 6.47. The second-order valence-electron chi connectivity index (χ2n) is 7.80. The lowest BCUT2D eigenvalue weighted by molar-refractivity contribution is -0.386. The Balaban J connectivity index is 1.38. The Hall–Kier alpha value is -3.17. The Morgan fingerprint density at radius 3 is 2.18 bits per heavy atom. The van der Waals surface area contributed by atoms with E-state index < -0.39 is 35.5 Å². The van der Waals surface area contributed by atoms with Crippen LogP contribution < -0.4 is 5.32 Å². The number of carbonyl (C=O) groups is 1. The van der Waals surface area contributed by atoms with Crippen LogP contribution in [-0.2, 0) is 4.74 Å². The number of aliphatic hydroxyl groups is 2. The van der Waals surface area contributed by atoms with E-state index >= 15 is 0 Å². The summed E-state index contributed by atoms with van der Waals surface area (Å²) in [7, 11) is 0. The predicted molar refractivity (Wildman–Crippen MR) is 127 cm³/mol. The van der Waals surface area contributed by atoms with Gasteiger partial charge in [-0.25, -0.2) is 4.79 Å². The molecular formula is C24H20Cl2N2O6. The molecule has 3 aromatic rings. The fraction of sp³-hybridized carbons (Fsp3) is 0.208. The van der Waals surface area contributed by atoms with Gasteiger partial charge in [0.2, 0.25) is 0 Å². The standard InChI is InChI=1S/C24H20Cl2N2O6/c25-19-9-17(21(28(32)33)10-20(19)26)23(30)22(29)11-27-24(31)34-12-18-15-7-3-1-5-13(15)14-6-2-4-8-16(14)18/h1-10,18,22-23,29-30H,11-12H2,(H,27,31). The monoisotopic (exact) mass is 502 g/mol. The fourth-order valence-corrected chi connectivity index (χ4v) is 4.43. The summed E-state index contributed by atoms with van der Waals surface area (Å²) in [5, 5.41) is 34.3. The number of benzene rings is 3. The van der Waals surface area contributed by atoms with E-state index in [9.17, 15) is 25.1 Å². The second kappa shape index (κ2) is 9.99. The van der Waals surface area contributed by atoms with Crippen LogP contribution in [0.2, 0.25) is 10.0 Å². The van der Waals surface area contributed by atoms with Crippen LogP contribution in [0.3, 0.4) is 0 Å². The molecule has 176 valence electrons. The first-order chi connectivity index (χ1) is 16.3. The van der Waals surface area contributed by atoms with Gasteiger partial charge in [-0.2, -0.15) is 0 Å². The van der Waals surface area contributed by atoms with Gasteiger partial charge < -0.3 is 20.3 Å². The van der Waals surface area contributed by atoms with Crippen molar-refractivity contribution in [1.29, 1.82) is 0 Å². The lowest BCUT2D eigenvalue weighted by Crippen LogP contribution is -2.36. The van der Waals surface area contributed by atoms with Crippen LogP contribution in [0, 0.1) is 10.1 Å². The molecule has 0 saturated carbocycles. The lowest BCUT2D eigenvalue weighted by atomic mass is 9.98. The Morgan fingerprint density at radius 2 is 1.59 bits per heavy atom. The number of rotatable bonds is 7. The summed E-state index contributed by atoms with van der Waals surface area (Å²) in [6, 6.07) is 17.9. The quantitative estimate of drug-likeness (QED) is 0.314. The Bertz CT molecular complexity index is 1210. The molecule has 2 unspecified atom stereocenters. The number of nitrogens with one attached hydrogen (secondary N) is 1. The van der Waals surface area contributed by atoms with E-state index in [0.29, 0.717) is 0 Å². The summed E-state index contributed by atoms with van der Waals surface area (Å²) in [6.07, 6.45) is -4.04. The highest BCUT2D eigenvalue weighted by molar-refractivity contribution is 6.42. The molecule has 4 rings (SSSR count). The average Bonchev–Trinajstić information content (AvgIpc) is 3.15. The van der Waals surface area contributed by atoms with E-state index in [-0.39, 0.29) is 28.1 Å². The van der Waals surface area contributed by atoms with Crippen molar-refractivity contribution in [2.75, 3.05) is 13.2 Å². The molecular weight excluding hydrogens is 483 g/mol. The zero-order chi connectivity index (χ0) is 24.4. The zero-order valence-corrected chi connectivity index (χ0v) is 19.2. The predicted octanol–water partition coefficient (Wildman–Crippen LogP) is 4.83. The molecule has 0 heterocycles. The van der Waals surface area contributed by atoms with Gasteiger partial charge in [-0.05, 0) is 28.3 Å². The van der Waals surface area contributed by atoms with E-state index in [1.807, 2.05) is 48.5 Å². The molecule has 34 heavy (non-hydrogen) atoms. The number of ether oxygens (including phenoxy) is 1. The minimum Gasteiger partial charge on any atom is -0.449 e. The minimum absolute atomic E-state index is 0.0157. The van der Waals surface area contributed by atoms with E-state index in [0.717, 1.165) is 34.4 Å². The maximum Gasteiger partial charge on any atom is 0.407 e. The van der Waals surface area contributed by atoms with Crippen molar-refractivity contribution in [1.82, 2.24) is 5.32 Å². The van der Waals surface area contributed by atoms with Gasteiger partial charge >= 0.3 is 6.09 Å². The average molecular weight is 503 g/mol. The van der Waals surface area contributed by atoms with E-state index in [2.05, 4.69) is 5.32 Å². The molecule has 1 aliphatic rings. The highest BCUT2D eigenvalue weighted by Crippen LogP contribution is 2.44. The number of aliphatic hydroxyl groups excluding tert-OH is 2. The summed E-state index contributed by atoms with van der Waals surface area (Å²) in [5.41, 5.74) is 3.57. The van der Waals surface area contributed by atoms with Crippen molar-refractivity contribution in [3.05, 3.63) is 97.5 Å². The SMILES string of the molecule is O=C(NCC(O)C(O)c1cc(Cl)c(Cl)cc1[N+](=O)[O-])OCC1c2ccccc2-c2ccccc21. The summed E-state index contributed by atoms with van der Waals surface area (Å²) < 4.78 is 5.38. The van der Waals surface area contributed by atoms with Crippen molar-refractivity contribution in [2.45, 2.75) is 18.1 Å². The summed E-state index contributed by atoms with van der Waals surface area (Å²) in [6.45, 7) is -0.327. The van der Waals surface area contributed by atoms with Crippen molar-refractivity contribution in [3.63, 3.8) is 0 Å². The molecule has 1 amide bonds. The number of fused-ring (bicyclic) bond motifs is 3. The van der Waals surface area contributed by atoms with Crippen LogP contribution in [0.1, 0.15) is 28.7 Å². The van der Waals surface area contributed by atoms with Gasteiger partial charge in [0.25, 0.3) is 5.69 Å². The number of halogens is 2.